The molecule has 0 saturated carbocycles. The first-order valence-electron chi connectivity index (χ1n) is 5.48. The number of carboxylic acids is 1. The second-order valence-corrected chi connectivity index (χ2v) is 4.29. The molecule has 1 N–H and O–H groups in total. The van der Waals surface area contributed by atoms with Gasteiger partial charge in [0.2, 0.25) is 0 Å². The highest BCUT2D eigenvalue weighted by Crippen LogP contribution is 2.28. The van der Waals surface area contributed by atoms with E-state index in [0.29, 0.717) is 19.8 Å². The van der Waals surface area contributed by atoms with Crippen LogP contribution in [0.1, 0.15) is 10.4 Å². The smallest absolute Gasteiger partial charge is 0.336 e. The van der Waals surface area contributed by atoms with Crippen molar-refractivity contribution >= 4 is 21.9 Å². The van der Waals surface area contributed by atoms with E-state index >= 15 is 0 Å². The van der Waals surface area contributed by atoms with Crippen LogP contribution in [-0.4, -0.2) is 44.6 Å². The first-order chi connectivity index (χ1) is 9.07. The lowest BCUT2D eigenvalue weighted by molar-refractivity contribution is 0.0537. The van der Waals surface area contributed by atoms with Crippen LogP contribution in [0.5, 0.6) is 5.75 Å². The van der Waals surface area contributed by atoms with Gasteiger partial charge in [0.25, 0.3) is 0 Å². The van der Waals surface area contributed by atoms with Crippen molar-refractivity contribution in [2.24, 2.45) is 0 Å². The summed E-state index contributed by atoms with van der Waals surface area (Å²) in [5.74, 6) is -1.97. The van der Waals surface area contributed by atoms with Gasteiger partial charge in [-0.05, 0) is 28.1 Å². The van der Waals surface area contributed by atoms with Gasteiger partial charge in [-0.2, -0.15) is 0 Å². The van der Waals surface area contributed by atoms with Crippen molar-refractivity contribution in [3.05, 3.63) is 28.0 Å². The minimum Gasteiger partial charge on any atom is -0.488 e. The predicted molar refractivity (Wildman–Crippen MR) is 69.2 cm³/mol. The van der Waals surface area contributed by atoms with Crippen molar-refractivity contribution in [2.45, 2.75) is 0 Å². The molecule has 106 valence electrons. The summed E-state index contributed by atoms with van der Waals surface area (Å²) in [5, 5.41) is 8.81. The molecule has 0 unspecified atom stereocenters. The zero-order chi connectivity index (χ0) is 14.3. The molecule has 0 aliphatic rings. The quantitative estimate of drug-likeness (QED) is 0.738. The van der Waals surface area contributed by atoms with Crippen molar-refractivity contribution in [1.29, 1.82) is 0 Å². The summed E-state index contributed by atoms with van der Waals surface area (Å²) in [7, 11) is 1.57. The Kier molecular flexibility index (Phi) is 6.75. The molecule has 0 fully saturated rings. The SMILES string of the molecule is COCCOCCOc1ccc(C(=O)O)c(Br)c1F. The van der Waals surface area contributed by atoms with E-state index in [-0.39, 0.29) is 22.4 Å². The second-order valence-electron chi connectivity index (χ2n) is 3.50. The molecule has 1 aromatic rings. The molecular weight excluding hydrogens is 323 g/mol. The van der Waals surface area contributed by atoms with Crippen LogP contribution in [0.25, 0.3) is 0 Å². The molecule has 0 saturated heterocycles. The minimum absolute atomic E-state index is 0.0211. The molecule has 0 amide bonds. The van der Waals surface area contributed by atoms with E-state index in [1.54, 1.807) is 7.11 Å². The summed E-state index contributed by atoms with van der Waals surface area (Å²) >= 11 is 2.89. The maximum Gasteiger partial charge on any atom is 0.336 e. The number of ether oxygens (including phenoxy) is 3. The first-order valence-corrected chi connectivity index (χ1v) is 6.28. The van der Waals surface area contributed by atoms with Crippen molar-refractivity contribution in [2.75, 3.05) is 33.5 Å². The Labute approximate surface area is 118 Å². The van der Waals surface area contributed by atoms with E-state index in [2.05, 4.69) is 15.9 Å². The molecule has 0 radical (unpaired) electrons. The van der Waals surface area contributed by atoms with Gasteiger partial charge >= 0.3 is 5.97 Å². The number of benzene rings is 1. The minimum atomic E-state index is -1.21. The Balaban J connectivity index is 2.51. The second kappa shape index (κ2) is 8.08. The fourth-order valence-corrected chi connectivity index (χ4v) is 1.76. The van der Waals surface area contributed by atoms with Crippen LogP contribution < -0.4 is 4.74 Å². The molecule has 1 rings (SSSR count). The Bertz CT molecular complexity index is 438. The molecule has 5 nitrogen and oxygen atoms in total. The van der Waals surface area contributed by atoms with Gasteiger partial charge in [0.05, 0.1) is 29.9 Å². The fourth-order valence-electron chi connectivity index (χ4n) is 1.26. The van der Waals surface area contributed by atoms with Gasteiger partial charge in [-0.1, -0.05) is 0 Å². The van der Waals surface area contributed by atoms with Crippen LogP contribution in [0, 0.1) is 5.82 Å². The van der Waals surface area contributed by atoms with E-state index in [4.69, 9.17) is 19.3 Å². The third-order valence-electron chi connectivity index (χ3n) is 2.19. The third-order valence-corrected chi connectivity index (χ3v) is 2.97. The molecule has 0 aliphatic heterocycles. The summed E-state index contributed by atoms with van der Waals surface area (Å²) in [6.07, 6.45) is 0. The average Bonchev–Trinajstić information content (AvgIpc) is 2.38. The predicted octanol–water partition coefficient (Wildman–Crippen LogP) is 2.33. The summed E-state index contributed by atoms with van der Waals surface area (Å²) in [5.41, 5.74) is -0.152. The van der Waals surface area contributed by atoms with E-state index in [9.17, 15) is 9.18 Å². The average molecular weight is 337 g/mol. The van der Waals surface area contributed by atoms with Gasteiger partial charge in [0.15, 0.2) is 11.6 Å². The topological polar surface area (TPSA) is 65.0 Å². The third kappa shape index (κ3) is 4.77. The molecule has 0 heterocycles. The molecule has 0 aromatic heterocycles. The Hall–Kier alpha value is -1.18. The Morgan fingerprint density at radius 3 is 2.63 bits per heavy atom. The molecule has 0 bridgehead atoms. The highest BCUT2D eigenvalue weighted by Gasteiger charge is 2.16. The van der Waals surface area contributed by atoms with Gasteiger partial charge in [0, 0.05) is 7.11 Å². The lowest BCUT2D eigenvalue weighted by Crippen LogP contribution is -2.11. The molecule has 1 aromatic carbocycles. The van der Waals surface area contributed by atoms with Crippen LogP contribution in [-0.2, 0) is 9.47 Å². The van der Waals surface area contributed by atoms with Gasteiger partial charge < -0.3 is 19.3 Å². The van der Waals surface area contributed by atoms with Crippen LogP contribution in [0.15, 0.2) is 16.6 Å². The number of carboxylic acid groups (broad SMARTS) is 1. The summed E-state index contributed by atoms with van der Waals surface area (Å²) in [4.78, 5) is 10.8. The maximum absolute atomic E-state index is 13.8. The maximum atomic E-state index is 13.8. The molecular formula is C12H14BrFO5. The zero-order valence-corrected chi connectivity index (χ0v) is 11.9. The number of hydrogen-bond donors (Lipinski definition) is 1. The summed E-state index contributed by atoms with van der Waals surface area (Å²) < 4.78 is 28.7. The van der Waals surface area contributed by atoms with Gasteiger partial charge in [-0.15, -0.1) is 0 Å². The van der Waals surface area contributed by atoms with Crippen LogP contribution >= 0.6 is 15.9 Å². The first kappa shape index (κ1) is 15.9. The molecule has 0 atom stereocenters. The van der Waals surface area contributed by atoms with Crippen LogP contribution in [0.3, 0.4) is 0 Å². The number of hydrogen-bond acceptors (Lipinski definition) is 4. The standard InChI is InChI=1S/C12H14BrFO5/c1-17-4-5-18-6-7-19-9-3-2-8(12(15)16)10(13)11(9)14/h2-3H,4-7H2,1H3,(H,15,16). The highest BCUT2D eigenvalue weighted by atomic mass is 79.9. The van der Waals surface area contributed by atoms with Crippen molar-refractivity contribution < 1.29 is 28.5 Å². The number of halogens is 2. The number of rotatable bonds is 8. The molecule has 0 aliphatic carbocycles. The van der Waals surface area contributed by atoms with E-state index in [1.165, 1.54) is 12.1 Å². The highest BCUT2D eigenvalue weighted by molar-refractivity contribution is 9.10. The van der Waals surface area contributed by atoms with Crippen molar-refractivity contribution in [3.8, 4) is 5.75 Å². The van der Waals surface area contributed by atoms with Gasteiger partial charge in [0.1, 0.15) is 6.61 Å². The molecule has 0 spiro atoms. The number of methoxy groups -OCH3 is 1. The lowest BCUT2D eigenvalue weighted by atomic mass is 10.2. The zero-order valence-electron chi connectivity index (χ0n) is 10.3. The number of carbonyl (C=O) groups is 1. The van der Waals surface area contributed by atoms with Crippen LogP contribution in [0.4, 0.5) is 4.39 Å². The largest absolute Gasteiger partial charge is 0.488 e. The van der Waals surface area contributed by atoms with Crippen LogP contribution in [0.2, 0.25) is 0 Å². The van der Waals surface area contributed by atoms with Crippen molar-refractivity contribution in [1.82, 2.24) is 0 Å². The fraction of sp³-hybridized carbons (Fsp3) is 0.417. The van der Waals surface area contributed by atoms with E-state index in [0.717, 1.165) is 0 Å². The van der Waals surface area contributed by atoms with Gasteiger partial charge in [-0.3, -0.25) is 0 Å². The summed E-state index contributed by atoms with van der Waals surface area (Å²) in [6.45, 7) is 1.37. The van der Waals surface area contributed by atoms with Gasteiger partial charge in [-0.25, -0.2) is 9.18 Å². The molecule has 7 heteroatoms. The van der Waals surface area contributed by atoms with E-state index in [1.807, 2.05) is 0 Å². The monoisotopic (exact) mass is 336 g/mol. The van der Waals surface area contributed by atoms with Crippen molar-refractivity contribution in [3.63, 3.8) is 0 Å². The lowest BCUT2D eigenvalue weighted by Gasteiger charge is -2.10. The normalized spacial score (nSPS) is 10.5. The number of aromatic carboxylic acids is 1. The Morgan fingerprint density at radius 1 is 1.32 bits per heavy atom. The Morgan fingerprint density at radius 2 is 2.00 bits per heavy atom. The molecule has 19 heavy (non-hydrogen) atoms. The van der Waals surface area contributed by atoms with E-state index < -0.39 is 11.8 Å². The summed E-state index contributed by atoms with van der Waals surface area (Å²) in [6, 6.07) is 2.55.